The SMILES string of the molecule is CCN(C(=O)c1ncn[nH]1)C1CCCCC1. The maximum absolute atomic E-state index is 12.1. The van der Waals surface area contributed by atoms with Gasteiger partial charge in [-0.25, -0.2) is 4.98 Å². The summed E-state index contributed by atoms with van der Waals surface area (Å²) in [5.41, 5.74) is 0. The van der Waals surface area contributed by atoms with Gasteiger partial charge in [0.05, 0.1) is 0 Å². The number of carbonyl (C=O) groups is 1. The molecule has 1 amide bonds. The highest BCUT2D eigenvalue weighted by Crippen LogP contribution is 2.23. The summed E-state index contributed by atoms with van der Waals surface area (Å²) in [4.78, 5) is 18.0. The topological polar surface area (TPSA) is 61.9 Å². The highest BCUT2D eigenvalue weighted by atomic mass is 16.2. The van der Waals surface area contributed by atoms with Gasteiger partial charge in [-0.3, -0.25) is 9.89 Å². The molecule has 1 aromatic rings. The fourth-order valence-electron chi connectivity index (χ4n) is 2.40. The van der Waals surface area contributed by atoms with E-state index in [0.717, 1.165) is 19.4 Å². The fourth-order valence-corrected chi connectivity index (χ4v) is 2.40. The van der Waals surface area contributed by atoms with E-state index in [1.54, 1.807) is 0 Å². The number of H-pyrrole nitrogens is 1. The first-order valence-electron chi connectivity index (χ1n) is 5.99. The normalized spacial score (nSPS) is 17.3. The van der Waals surface area contributed by atoms with Gasteiger partial charge in [0.25, 0.3) is 5.91 Å². The third-order valence-corrected chi connectivity index (χ3v) is 3.23. The van der Waals surface area contributed by atoms with Crippen LogP contribution in [0.25, 0.3) is 0 Å². The summed E-state index contributed by atoms with van der Waals surface area (Å²) in [6.07, 6.45) is 7.36. The van der Waals surface area contributed by atoms with Crippen molar-refractivity contribution in [2.45, 2.75) is 45.1 Å². The van der Waals surface area contributed by atoms with Crippen LogP contribution in [-0.4, -0.2) is 38.6 Å². The van der Waals surface area contributed by atoms with Gasteiger partial charge in [-0.2, -0.15) is 5.10 Å². The number of carbonyl (C=O) groups excluding carboxylic acids is 1. The molecule has 1 N–H and O–H groups in total. The average Bonchev–Trinajstić information content (AvgIpc) is 2.85. The molecule has 1 fully saturated rings. The lowest BCUT2D eigenvalue weighted by atomic mass is 9.94. The summed E-state index contributed by atoms with van der Waals surface area (Å²) < 4.78 is 0. The van der Waals surface area contributed by atoms with Gasteiger partial charge in [0.2, 0.25) is 5.82 Å². The molecule has 88 valence electrons. The Bertz CT molecular complexity index is 330. The molecular formula is C11H18N4O. The van der Waals surface area contributed by atoms with E-state index in [-0.39, 0.29) is 5.91 Å². The Morgan fingerprint density at radius 2 is 2.25 bits per heavy atom. The molecule has 0 aromatic carbocycles. The van der Waals surface area contributed by atoms with Crippen LogP contribution in [0.4, 0.5) is 0 Å². The molecule has 0 radical (unpaired) electrons. The summed E-state index contributed by atoms with van der Waals surface area (Å²) in [5.74, 6) is 0.333. The van der Waals surface area contributed by atoms with Crippen LogP contribution in [0, 0.1) is 0 Å². The minimum Gasteiger partial charge on any atom is -0.333 e. The molecule has 1 aromatic heterocycles. The van der Waals surface area contributed by atoms with E-state index in [2.05, 4.69) is 15.2 Å². The quantitative estimate of drug-likeness (QED) is 0.845. The molecule has 0 spiro atoms. The van der Waals surface area contributed by atoms with Gasteiger partial charge in [0.15, 0.2) is 0 Å². The van der Waals surface area contributed by atoms with Crippen molar-refractivity contribution >= 4 is 5.91 Å². The van der Waals surface area contributed by atoms with Crippen molar-refractivity contribution in [3.63, 3.8) is 0 Å². The van der Waals surface area contributed by atoms with Crippen LogP contribution >= 0.6 is 0 Å². The number of nitrogens with zero attached hydrogens (tertiary/aromatic N) is 3. The minimum absolute atomic E-state index is 0.0214. The molecule has 1 heterocycles. The Balaban J connectivity index is 2.06. The summed E-state index contributed by atoms with van der Waals surface area (Å²) in [6, 6.07) is 0.386. The largest absolute Gasteiger partial charge is 0.333 e. The third-order valence-electron chi connectivity index (χ3n) is 3.23. The Morgan fingerprint density at radius 1 is 1.50 bits per heavy atom. The molecule has 0 atom stereocenters. The summed E-state index contributed by atoms with van der Waals surface area (Å²) >= 11 is 0. The lowest BCUT2D eigenvalue weighted by molar-refractivity contribution is 0.0636. The van der Waals surface area contributed by atoms with Crippen LogP contribution in [0.5, 0.6) is 0 Å². The number of aromatic amines is 1. The van der Waals surface area contributed by atoms with Crippen molar-refractivity contribution in [3.8, 4) is 0 Å². The van der Waals surface area contributed by atoms with Crippen LogP contribution in [0.1, 0.15) is 49.6 Å². The van der Waals surface area contributed by atoms with E-state index < -0.39 is 0 Å². The highest BCUT2D eigenvalue weighted by Gasteiger charge is 2.26. The monoisotopic (exact) mass is 222 g/mol. The summed E-state index contributed by atoms with van der Waals surface area (Å²) in [7, 11) is 0. The molecule has 1 aliphatic carbocycles. The van der Waals surface area contributed by atoms with Gasteiger partial charge in [0, 0.05) is 12.6 Å². The van der Waals surface area contributed by atoms with Gasteiger partial charge in [-0.15, -0.1) is 0 Å². The lowest BCUT2D eigenvalue weighted by Gasteiger charge is -2.32. The van der Waals surface area contributed by atoms with Crippen molar-refractivity contribution < 1.29 is 4.79 Å². The second-order valence-corrected chi connectivity index (χ2v) is 4.22. The van der Waals surface area contributed by atoms with Crippen LogP contribution in [0.2, 0.25) is 0 Å². The number of hydrogen-bond donors (Lipinski definition) is 1. The average molecular weight is 222 g/mol. The van der Waals surface area contributed by atoms with Gasteiger partial charge in [0.1, 0.15) is 6.33 Å². The molecule has 5 heteroatoms. The number of aromatic nitrogens is 3. The Kier molecular flexibility index (Phi) is 3.54. The van der Waals surface area contributed by atoms with E-state index in [9.17, 15) is 4.79 Å². The van der Waals surface area contributed by atoms with Crippen LogP contribution < -0.4 is 0 Å². The Morgan fingerprint density at radius 3 is 2.81 bits per heavy atom. The minimum atomic E-state index is -0.0214. The van der Waals surface area contributed by atoms with Gasteiger partial charge in [-0.05, 0) is 19.8 Å². The molecule has 2 rings (SSSR count). The number of hydrogen-bond acceptors (Lipinski definition) is 3. The van der Waals surface area contributed by atoms with Crippen LogP contribution in [0.15, 0.2) is 6.33 Å². The van der Waals surface area contributed by atoms with E-state index in [4.69, 9.17) is 0 Å². The van der Waals surface area contributed by atoms with Crippen molar-refractivity contribution in [3.05, 3.63) is 12.2 Å². The Hall–Kier alpha value is -1.39. The highest BCUT2D eigenvalue weighted by molar-refractivity contribution is 5.90. The zero-order chi connectivity index (χ0) is 11.4. The van der Waals surface area contributed by atoms with E-state index >= 15 is 0 Å². The van der Waals surface area contributed by atoms with E-state index in [0.29, 0.717) is 11.9 Å². The molecule has 1 aliphatic rings. The van der Waals surface area contributed by atoms with E-state index in [1.807, 2.05) is 11.8 Å². The first-order valence-corrected chi connectivity index (χ1v) is 5.99. The van der Waals surface area contributed by atoms with Crippen LogP contribution in [-0.2, 0) is 0 Å². The standard InChI is InChI=1S/C11H18N4O/c1-2-15(9-6-4-3-5-7-9)11(16)10-12-8-13-14-10/h8-9H,2-7H2,1H3,(H,12,13,14). The van der Waals surface area contributed by atoms with Gasteiger partial charge < -0.3 is 4.90 Å². The van der Waals surface area contributed by atoms with Crippen molar-refractivity contribution in [1.82, 2.24) is 20.1 Å². The predicted molar refractivity (Wildman–Crippen MR) is 60.0 cm³/mol. The number of rotatable bonds is 3. The predicted octanol–water partition coefficient (Wildman–Crippen LogP) is 1.60. The number of nitrogens with one attached hydrogen (secondary N) is 1. The zero-order valence-electron chi connectivity index (χ0n) is 9.65. The van der Waals surface area contributed by atoms with E-state index in [1.165, 1.54) is 25.6 Å². The maximum atomic E-state index is 12.1. The summed E-state index contributed by atoms with van der Waals surface area (Å²) in [5, 5.41) is 6.36. The molecule has 0 bridgehead atoms. The molecule has 0 aliphatic heterocycles. The Labute approximate surface area is 95.2 Å². The molecule has 0 unspecified atom stereocenters. The fraction of sp³-hybridized carbons (Fsp3) is 0.727. The number of amides is 1. The van der Waals surface area contributed by atoms with Gasteiger partial charge >= 0.3 is 0 Å². The second kappa shape index (κ2) is 5.09. The molecule has 16 heavy (non-hydrogen) atoms. The lowest BCUT2D eigenvalue weighted by Crippen LogP contribution is -2.41. The maximum Gasteiger partial charge on any atom is 0.291 e. The van der Waals surface area contributed by atoms with Gasteiger partial charge in [-0.1, -0.05) is 19.3 Å². The van der Waals surface area contributed by atoms with Crippen molar-refractivity contribution in [2.75, 3.05) is 6.54 Å². The molecule has 5 nitrogen and oxygen atoms in total. The zero-order valence-corrected chi connectivity index (χ0v) is 9.65. The smallest absolute Gasteiger partial charge is 0.291 e. The molecule has 1 saturated carbocycles. The first-order chi connectivity index (χ1) is 7.83. The summed E-state index contributed by atoms with van der Waals surface area (Å²) in [6.45, 7) is 2.76. The van der Waals surface area contributed by atoms with Crippen LogP contribution in [0.3, 0.4) is 0 Å². The third kappa shape index (κ3) is 2.23. The first kappa shape index (κ1) is 11.1. The van der Waals surface area contributed by atoms with Crippen molar-refractivity contribution in [2.24, 2.45) is 0 Å². The molecular weight excluding hydrogens is 204 g/mol. The second-order valence-electron chi connectivity index (χ2n) is 4.22. The van der Waals surface area contributed by atoms with Crippen molar-refractivity contribution in [1.29, 1.82) is 0 Å². The molecule has 0 saturated heterocycles.